The topological polar surface area (TPSA) is 17.1 Å². The molecule has 1 fully saturated rings. The van der Waals surface area contributed by atoms with E-state index in [4.69, 9.17) is 0 Å². The summed E-state index contributed by atoms with van der Waals surface area (Å²) >= 11 is 0. The van der Waals surface area contributed by atoms with Crippen LogP contribution in [-0.4, -0.2) is 5.78 Å². The van der Waals surface area contributed by atoms with Crippen LogP contribution in [0.4, 0.5) is 17.6 Å². The fourth-order valence-corrected chi connectivity index (χ4v) is 2.92. The Bertz CT molecular complexity index is 556. The maximum Gasteiger partial charge on any atom is 0.419 e. The van der Waals surface area contributed by atoms with Crippen molar-refractivity contribution in [3.63, 3.8) is 0 Å². The van der Waals surface area contributed by atoms with Crippen molar-refractivity contribution in [1.29, 1.82) is 0 Å². The monoisotopic (exact) mass is 288 g/mol. The summed E-state index contributed by atoms with van der Waals surface area (Å²) in [4.78, 5) is 12.3. The van der Waals surface area contributed by atoms with Gasteiger partial charge in [-0.05, 0) is 23.0 Å². The van der Waals surface area contributed by atoms with Crippen LogP contribution >= 0.6 is 0 Å². The van der Waals surface area contributed by atoms with E-state index in [0.29, 0.717) is 12.1 Å². The lowest BCUT2D eigenvalue weighted by molar-refractivity contribution is -0.140. The fraction of sp³-hybridized carbons (Fsp3) is 0.533. The van der Waals surface area contributed by atoms with E-state index in [1.165, 1.54) is 0 Å². The van der Waals surface area contributed by atoms with Gasteiger partial charge in [-0.15, -0.1) is 0 Å². The van der Waals surface area contributed by atoms with Gasteiger partial charge in [-0.2, -0.15) is 13.2 Å². The van der Waals surface area contributed by atoms with Crippen molar-refractivity contribution in [2.75, 3.05) is 0 Å². The Morgan fingerprint density at radius 2 is 1.60 bits per heavy atom. The first-order chi connectivity index (χ1) is 8.90. The normalized spacial score (nSPS) is 20.8. The summed E-state index contributed by atoms with van der Waals surface area (Å²) in [7, 11) is 0. The lowest BCUT2D eigenvalue weighted by Gasteiger charge is -2.09. The molecule has 0 atom stereocenters. The van der Waals surface area contributed by atoms with Gasteiger partial charge in [0.1, 0.15) is 5.82 Å². The summed E-state index contributed by atoms with van der Waals surface area (Å²) in [5, 5.41) is 0. The van der Waals surface area contributed by atoms with E-state index in [1.54, 1.807) is 0 Å². The molecule has 2 rings (SSSR count). The number of hydrogen-bond acceptors (Lipinski definition) is 1. The van der Waals surface area contributed by atoms with Crippen LogP contribution in [0.2, 0.25) is 0 Å². The zero-order chi connectivity index (χ0) is 15.5. The van der Waals surface area contributed by atoms with E-state index in [0.717, 1.165) is 6.07 Å². The third-order valence-corrected chi connectivity index (χ3v) is 4.84. The van der Waals surface area contributed by atoms with Gasteiger partial charge in [0.2, 0.25) is 0 Å². The molecule has 0 spiro atoms. The van der Waals surface area contributed by atoms with Crippen LogP contribution in [0.25, 0.3) is 0 Å². The smallest absolute Gasteiger partial charge is 0.294 e. The number of benzene rings is 1. The van der Waals surface area contributed by atoms with Gasteiger partial charge in [0, 0.05) is 11.5 Å². The van der Waals surface area contributed by atoms with Gasteiger partial charge in [-0.3, -0.25) is 4.79 Å². The third-order valence-electron chi connectivity index (χ3n) is 4.84. The molecule has 0 heterocycles. The average molecular weight is 288 g/mol. The number of alkyl halides is 3. The summed E-state index contributed by atoms with van der Waals surface area (Å²) in [6.07, 6.45) is -4.75. The largest absolute Gasteiger partial charge is 0.419 e. The van der Waals surface area contributed by atoms with Gasteiger partial charge < -0.3 is 0 Å². The number of rotatable bonds is 2. The molecule has 1 nitrogen and oxygen atoms in total. The predicted molar refractivity (Wildman–Crippen MR) is 66.8 cm³/mol. The van der Waals surface area contributed by atoms with Gasteiger partial charge in [-0.25, -0.2) is 4.39 Å². The zero-order valence-corrected chi connectivity index (χ0v) is 11.7. The van der Waals surface area contributed by atoms with E-state index >= 15 is 0 Å². The van der Waals surface area contributed by atoms with E-state index in [-0.39, 0.29) is 28.1 Å². The molecule has 110 valence electrons. The highest BCUT2D eigenvalue weighted by molar-refractivity contribution is 6.01. The molecule has 1 aliphatic carbocycles. The number of ketones is 1. The van der Waals surface area contributed by atoms with Crippen LogP contribution < -0.4 is 0 Å². The number of halogens is 4. The first-order valence-electron chi connectivity index (χ1n) is 6.31. The van der Waals surface area contributed by atoms with E-state index in [9.17, 15) is 22.4 Å². The van der Waals surface area contributed by atoms with Crippen molar-refractivity contribution in [3.8, 4) is 0 Å². The fourth-order valence-electron chi connectivity index (χ4n) is 2.92. The number of hydrogen-bond donors (Lipinski definition) is 0. The molecule has 0 N–H and O–H groups in total. The average Bonchev–Trinajstić information content (AvgIpc) is 2.66. The van der Waals surface area contributed by atoms with Gasteiger partial charge in [0.05, 0.1) is 5.56 Å². The minimum absolute atomic E-state index is 0.000787. The lowest BCUT2D eigenvalue weighted by atomic mass is 10.00. The van der Waals surface area contributed by atoms with E-state index in [1.807, 2.05) is 27.7 Å². The summed E-state index contributed by atoms with van der Waals surface area (Å²) in [5.41, 5.74) is -1.81. The van der Waals surface area contributed by atoms with Crippen LogP contribution in [0.5, 0.6) is 0 Å². The molecule has 1 aromatic rings. The molecule has 0 amide bonds. The Labute approximate surface area is 115 Å². The first-order valence-corrected chi connectivity index (χ1v) is 6.31. The molecule has 1 aliphatic rings. The first kappa shape index (κ1) is 15.0. The van der Waals surface area contributed by atoms with Crippen molar-refractivity contribution in [2.45, 2.75) is 33.9 Å². The highest BCUT2D eigenvalue weighted by Gasteiger charge is 2.67. The molecule has 1 aromatic carbocycles. The highest BCUT2D eigenvalue weighted by Crippen LogP contribution is 2.69. The second-order valence-corrected chi connectivity index (χ2v) is 6.43. The number of carbonyl (C=O) groups excluding carboxylic acids is 1. The maximum absolute atomic E-state index is 13.5. The number of carbonyl (C=O) groups is 1. The van der Waals surface area contributed by atoms with Crippen molar-refractivity contribution >= 4 is 5.78 Å². The maximum atomic E-state index is 13.5. The molecule has 0 saturated heterocycles. The molecule has 0 radical (unpaired) electrons. The zero-order valence-electron chi connectivity index (χ0n) is 11.7. The SMILES string of the molecule is CC1(C)C(C(=O)c2ccc(C(F)(F)F)c(F)c2)C1(C)C. The van der Waals surface area contributed by atoms with Crippen LogP contribution in [0, 0.1) is 22.6 Å². The summed E-state index contributed by atoms with van der Waals surface area (Å²) < 4.78 is 50.9. The van der Waals surface area contributed by atoms with Crippen molar-refractivity contribution in [1.82, 2.24) is 0 Å². The van der Waals surface area contributed by atoms with Gasteiger partial charge in [0.25, 0.3) is 0 Å². The molecule has 5 heteroatoms. The Kier molecular flexibility index (Phi) is 3.04. The van der Waals surface area contributed by atoms with Crippen LogP contribution in [-0.2, 0) is 6.18 Å². The molecular weight excluding hydrogens is 272 g/mol. The Balaban J connectivity index is 2.33. The molecule has 0 unspecified atom stereocenters. The molecule has 0 aliphatic heterocycles. The molecule has 1 saturated carbocycles. The van der Waals surface area contributed by atoms with Crippen LogP contribution in [0.15, 0.2) is 18.2 Å². The molecule has 0 aromatic heterocycles. The predicted octanol–water partition coefficient (Wildman–Crippen LogP) is 4.71. The second kappa shape index (κ2) is 4.06. The van der Waals surface area contributed by atoms with E-state index < -0.39 is 17.6 Å². The van der Waals surface area contributed by atoms with Crippen molar-refractivity contribution in [3.05, 3.63) is 35.1 Å². The lowest BCUT2D eigenvalue weighted by Crippen LogP contribution is -2.12. The van der Waals surface area contributed by atoms with Crippen LogP contribution in [0.3, 0.4) is 0 Å². The van der Waals surface area contributed by atoms with Crippen molar-refractivity contribution < 1.29 is 22.4 Å². The molecule has 0 bridgehead atoms. The van der Waals surface area contributed by atoms with Gasteiger partial charge in [-0.1, -0.05) is 33.8 Å². The minimum Gasteiger partial charge on any atom is -0.294 e. The highest BCUT2D eigenvalue weighted by atomic mass is 19.4. The quantitative estimate of drug-likeness (QED) is 0.569. The molecule has 20 heavy (non-hydrogen) atoms. The number of Topliss-reactive ketones (excluding diaryl/α,β-unsaturated/α-hetero) is 1. The third kappa shape index (κ3) is 2.03. The van der Waals surface area contributed by atoms with Gasteiger partial charge in [0.15, 0.2) is 5.78 Å². The Hall–Kier alpha value is -1.39. The summed E-state index contributed by atoms with van der Waals surface area (Å²) in [5.74, 6) is -2.00. The van der Waals surface area contributed by atoms with Crippen LogP contribution in [0.1, 0.15) is 43.6 Å². The minimum atomic E-state index is -4.75. The van der Waals surface area contributed by atoms with E-state index in [2.05, 4.69) is 0 Å². The standard InChI is InChI=1S/C15H16F4O/c1-13(2)12(14(13,3)4)11(20)8-5-6-9(10(16)7-8)15(17,18)19/h5-7,12H,1-4H3. The Morgan fingerprint density at radius 3 is 1.95 bits per heavy atom. The van der Waals surface area contributed by atoms with Gasteiger partial charge >= 0.3 is 6.18 Å². The summed E-state index contributed by atoms with van der Waals surface area (Å²) in [6, 6.07) is 2.37. The van der Waals surface area contributed by atoms with Crippen molar-refractivity contribution in [2.24, 2.45) is 16.7 Å². The molecular formula is C15H16F4O. The summed E-state index contributed by atoms with van der Waals surface area (Å²) in [6.45, 7) is 7.71. The Morgan fingerprint density at radius 1 is 1.10 bits per heavy atom. The second-order valence-electron chi connectivity index (χ2n) is 6.43.